The second-order valence-electron chi connectivity index (χ2n) is 8.27. The van der Waals surface area contributed by atoms with Crippen molar-refractivity contribution in [2.45, 2.75) is 33.2 Å². The number of halogens is 1. The first-order valence-corrected chi connectivity index (χ1v) is 11.7. The lowest BCUT2D eigenvalue weighted by atomic mass is 9.93. The van der Waals surface area contributed by atoms with Gasteiger partial charge in [-0.3, -0.25) is 9.48 Å². The summed E-state index contributed by atoms with van der Waals surface area (Å²) in [6, 6.07) is 9.60. The third kappa shape index (κ3) is 3.55. The molecule has 0 aliphatic carbocycles. The molecule has 32 heavy (non-hydrogen) atoms. The zero-order valence-electron chi connectivity index (χ0n) is 18.1. The van der Waals surface area contributed by atoms with Crippen molar-refractivity contribution < 1.29 is 9.90 Å². The van der Waals surface area contributed by atoms with Crippen LogP contribution in [0.25, 0.3) is 21.3 Å². The zero-order valence-corrected chi connectivity index (χ0v) is 19.7. The highest BCUT2D eigenvalue weighted by atomic mass is 35.5. The Morgan fingerprint density at radius 1 is 1.25 bits per heavy atom. The van der Waals surface area contributed by atoms with Crippen molar-refractivity contribution in [2.24, 2.45) is 7.05 Å². The maximum Gasteiger partial charge on any atom is 0.307 e. The number of aryl methyl sites for hydroxylation is 2. The molecule has 0 saturated carbocycles. The third-order valence-corrected chi connectivity index (χ3v) is 7.64. The highest BCUT2D eigenvalue weighted by Crippen LogP contribution is 2.41. The predicted octanol–water partition coefficient (Wildman–Crippen LogP) is 5.16. The molecule has 0 unspecified atom stereocenters. The molecule has 164 valence electrons. The first-order chi connectivity index (χ1) is 15.3. The van der Waals surface area contributed by atoms with Crippen LogP contribution >= 0.6 is 22.9 Å². The highest BCUT2D eigenvalue weighted by molar-refractivity contribution is 7.22. The van der Waals surface area contributed by atoms with Crippen molar-refractivity contribution >= 4 is 44.3 Å². The van der Waals surface area contributed by atoms with Crippen molar-refractivity contribution in [2.75, 3.05) is 11.4 Å². The maximum atomic E-state index is 11.6. The van der Waals surface area contributed by atoms with Crippen molar-refractivity contribution in [3.8, 4) is 11.1 Å². The molecule has 0 radical (unpaired) electrons. The van der Waals surface area contributed by atoms with E-state index in [4.69, 9.17) is 16.6 Å². The minimum atomic E-state index is -0.844. The van der Waals surface area contributed by atoms with Gasteiger partial charge in [0, 0.05) is 48.4 Å². The summed E-state index contributed by atoms with van der Waals surface area (Å²) >= 11 is 7.75. The number of carboxylic acids is 1. The van der Waals surface area contributed by atoms with E-state index in [9.17, 15) is 9.90 Å². The summed E-state index contributed by atoms with van der Waals surface area (Å²) in [5, 5.41) is 15.8. The Kier molecular flexibility index (Phi) is 5.18. The lowest BCUT2D eigenvalue weighted by Crippen LogP contribution is -2.30. The van der Waals surface area contributed by atoms with Gasteiger partial charge in [0.1, 0.15) is 0 Å². The summed E-state index contributed by atoms with van der Waals surface area (Å²) in [6.07, 6.45) is 0.856. The molecule has 1 N–H and O–H groups in total. The summed E-state index contributed by atoms with van der Waals surface area (Å²) < 4.78 is 2.96. The highest BCUT2D eigenvalue weighted by Gasteiger charge is 2.25. The number of carboxylic acid groups (broad SMARTS) is 1. The molecular formula is C24H23ClN4O2S. The third-order valence-electron chi connectivity index (χ3n) is 6.24. The summed E-state index contributed by atoms with van der Waals surface area (Å²) in [5.74, 6) is -0.844. The van der Waals surface area contributed by atoms with E-state index in [0.717, 1.165) is 57.1 Å². The number of benzene rings is 2. The first kappa shape index (κ1) is 21.0. The molecule has 1 aliphatic rings. The molecule has 4 aromatic rings. The molecule has 1 aliphatic heterocycles. The van der Waals surface area contributed by atoms with Crippen molar-refractivity contribution in [3.63, 3.8) is 0 Å². The fourth-order valence-corrected chi connectivity index (χ4v) is 5.75. The van der Waals surface area contributed by atoms with Crippen LogP contribution in [0, 0.1) is 13.8 Å². The molecule has 0 spiro atoms. The number of nitrogens with zero attached hydrogens (tertiary/aromatic N) is 4. The molecule has 0 atom stereocenters. The number of hydrogen-bond donors (Lipinski definition) is 1. The van der Waals surface area contributed by atoms with E-state index in [2.05, 4.69) is 16.9 Å². The zero-order chi connectivity index (χ0) is 22.6. The number of aromatic nitrogens is 3. The van der Waals surface area contributed by atoms with Crippen LogP contribution in [0.2, 0.25) is 5.02 Å². The van der Waals surface area contributed by atoms with Crippen molar-refractivity contribution in [3.05, 3.63) is 63.4 Å². The molecule has 0 amide bonds. The van der Waals surface area contributed by atoms with Crippen molar-refractivity contribution in [1.82, 2.24) is 14.8 Å². The topological polar surface area (TPSA) is 71.2 Å². The largest absolute Gasteiger partial charge is 0.481 e. The van der Waals surface area contributed by atoms with Crippen LogP contribution in [-0.2, 0) is 31.2 Å². The SMILES string of the molecule is Cc1cc2nc(N3CCc4nn(C)c(C)c4C3)sc2c(-c2ccc(Cl)cc2)c1CC(=O)O. The van der Waals surface area contributed by atoms with E-state index in [1.807, 2.05) is 49.0 Å². The van der Waals surface area contributed by atoms with Gasteiger partial charge in [-0.15, -0.1) is 0 Å². The predicted molar refractivity (Wildman–Crippen MR) is 129 cm³/mol. The van der Waals surface area contributed by atoms with E-state index >= 15 is 0 Å². The smallest absolute Gasteiger partial charge is 0.307 e. The summed E-state index contributed by atoms with van der Waals surface area (Å²) in [7, 11) is 1.99. The fraction of sp³-hybridized carbons (Fsp3) is 0.292. The minimum Gasteiger partial charge on any atom is -0.481 e. The second kappa shape index (κ2) is 7.90. The minimum absolute atomic E-state index is 0.0328. The Morgan fingerprint density at radius 2 is 2.00 bits per heavy atom. The molecule has 2 aromatic heterocycles. The fourth-order valence-electron chi connectivity index (χ4n) is 4.46. The van der Waals surface area contributed by atoms with Gasteiger partial charge in [-0.2, -0.15) is 5.10 Å². The van der Waals surface area contributed by atoms with Crippen LogP contribution in [0.15, 0.2) is 30.3 Å². The van der Waals surface area contributed by atoms with Gasteiger partial charge in [-0.1, -0.05) is 35.1 Å². The monoisotopic (exact) mass is 466 g/mol. The van der Waals surface area contributed by atoms with Gasteiger partial charge >= 0.3 is 5.97 Å². The number of anilines is 1. The van der Waals surface area contributed by atoms with Crippen molar-refractivity contribution in [1.29, 1.82) is 0 Å². The van der Waals surface area contributed by atoms with Gasteiger partial charge in [0.2, 0.25) is 0 Å². The van der Waals surface area contributed by atoms with Gasteiger partial charge < -0.3 is 10.0 Å². The van der Waals surface area contributed by atoms with Crippen LogP contribution < -0.4 is 4.90 Å². The van der Waals surface area contributed by atoms with Gasteiger partial charge in [0.25, 0.3) is 0 Å². The molecule has 2 aromatic carbocycles. The number of carbonyl (C=O) groups is 1. The van der Waals surface area contributed by atoms with Crippen LogP contribution in [0.5, 0.6) is 0 Å². The molecule has 5 rings (SSSR count). The summed E-state index contributed by atoms with van der Waals surface area (Å²) in [6.45, 7) is 5.71. The molecule has 0 bridgehead atoms. The summed E-state index contributed by atoms with van der Waals surface area (Å²) in [4.78, 5) is 18.9. The van der Waals surface area contributed by atoms with E-state index in [0.29, 0.717) is 5.02 Å². The number of aliphatic carboxylic acids is 1. The van der Waals surface area contributed by atoms with Crippen LogP contribution in [-0.4, -0.2) is 32.4 Å². The van der Waals surface area contributed by atoms with Crippen LogP contribution in [0.4, 0.5) is 5.13 Å². The van der Waals surface area contributed by atoms with E-state index in [1.165, 1.54) is 17.0 Å². The Labute approximate surface area is 195 Å². The van der Waals surface area contributed by atoms with Gasteiger partial charge in [0.15, 0.2) is 5.13 Å². The average molecular weight is 467 g/mol. The van der Waals surface area contributed by atoms with Gasteiger partial charge in [-0.25, -0.2) is 4.98 Å². The van der Waals surface area contributed by atoms with Gasteiger partial charge in [0.05, 0.1) is 22.3 Å². The first-order valence-electron chi connectivity index (χ1n) is 10.5. The Bertz CT molecular complexity index is 1360. The molecular weight excluding hydrogens is 444 g/mol. The van der Waals surface area contributed by atoms with E-state index in [1.54, 1.807) is 11.3 Å². The number of thiazole rings is 1. The second-order valence-corrected chi connectivity index (χ2v) is 9.69. The molecule has 8 heteroatoms. The van der Waals surface area contributed by atoms with E-state index < -0.39 is 5.97 Å². The van der Waals surface area contributed by atoms with Crippen LogP contribution in [0.3, 0.4) is 0 Å². The number of fused-ring (bicyclic) bond motifs is 2. The lowest BCUT2D eigenvalue weighted by Gasteiger charge is -2.26. The van der Waals surface area contributed by atoms with Gasteiger partial charge in [-0.05, 0) is 48.7 Å². The summed E-state index contributed by atoms with van der Waals surface area (Å²) in [5.41, 5.74) is 8.19. The standard InChI is InChI=1S/C24H23ClN4O2S/c1-13-10-20-23(22(17(13)11-21(30)31)15-4-6-16(25)7-5-15)32-24(26-20)29-9-8-19-18(12-29)14(2)28(3)27-19/h4-7,10H,8-9,11-12H2,1-3H3,(H,30,31). The molecule has 3 heterocycles. The number of rotatable bonds is 4. The molecule has 0 fully saturated rings. The average Bonchev–Trinajstić information content (AvgIpc) is 3.29. The lowest BCUT2D eigenvalue weighted by molar-refractivity contribution is -0.136. The van der Waals surface area contributed by atoms with Crippen LogP contribution in [0.1, 0.15) is 28.1 Å². The van der Waals surface area contributed by atoms with E-state index in [-0.39, 0.29) is 6.42 Å². The quantitative estimate of drug-likeness (QED) is 0.450. The normalized spacial score (nSPS) is 13.6. The number of hydrogen-bond acceptors (Lipinski definition) is 5. The maximum absolute atomic E-state index is 11.6. The molecule has 6 nitrogen and oxygen atoms in total. The Balaban J connectivity index is 1.65. The Morgan fingerprint density at radius 3 is 2.72 bits per heavy atom. The Hall–Kier alpha value is -2.90. The molecule has 0 saturated heterocycles.